The van der Waals surface area contributed by atoms with Crippen molar-refractivity contribution < 1.29 is 43.2 Å². The van der Waals surface area contributed by atoms with Crippen LogP contribution in [0.2, 0.25) is 5.02 Å². The molecule has 0 spiro atoms. The predicted molar refractivity (Wildman–Crippen MR) is 127 cm³/mol. The van der Waals surface area contributed by atoms with Crippen LogP contribution in [0.4, 0.5) is 5.69 Å². The highest BCUT2D eigenvalue weighted by Crippen LogP contribution is 2.50. The van der Waals surface area contributed by atoms with Gasteiger partial charge in [-0.3, -0.25) is 9.69 Å². The van der Waals surface area contributed by atoms with E-state index in [1.807, 2.05) is 0 Å². The SMILES string of the molecule is COC(=O)C1=C(C(=O)OC)N(c2ccc(Cl)cc2)[C@@](O)(C(=O)OC)[C@H](C(=O)OC)C1c1ccccc1. The molecular formula is C25H24ClNO9. The Hall–Kier alpha value is -3.89. The molecule has 0 fully saturated rings. The number of carbonyl (C=O) groups is 4. The van der Waals surface area contributed by atoms with Gasteiger partial charge in [0.25, 0.3) is 5.72 Å². The van der Waals surface area contributed by atoms with Crippen LogP contribution in [-0.2, 0) is 38.1 Å². The molecule has 3 rings (SSSR count). The molecule has 2 aromatic carbocycles. The fourth-order valence-corrected chi connectivity index (χ4v) is 4.47. The third kappa shape index (κ3) is 4.40. The van der Waals surface area contributed by atoms with Crippen molar-refractivity contribution in [3.8, 4) is 0 Å². The second kappa shape index (κ2) is 10.8. The van der Waals surface area contributed by atoms with E-state index < -0.39 is 47.1 Å². The molecule has 11 heteroatoms. The fourth-order valence-electron chi connectivity index (χ4n) is 4.34. The molecule has 0 saturated heterocycles. The Labute approximate surface area is 211 Å². The number of benzene rings is 2. The van der Waals surface area contributed by atoms with Gasteiger partial charge in [0.05, 0.1) is 34.0 Å². The Morgan fingerprint density at radius 3 is 1.92 bits per heavy atom. The van der Waals surface area contributed by atoms with Gasteiger partial charge in [-0.1, -0.05) is 41.9 Å². The molecular weight excluding hydrogens is 494 g/mol. The number of hydrogen-bond acceptors (Lipinski definition) is 10. The summed E-state index contributed by atoms with van der Waals surface area (Å²) in [5, 5.41) is 12.4. The van der Waals surface area contributed by atoms with Crippen LogP contribution >= 0.6 is 11.6 Å². The molecule has 2 aromatic rings. The van der Waals surface area contributed by atoms with Crippen molar-refractivity contribution in [2.75, 3.05) is 33.3 Å². The maximum Gasteiger partial charge on any atom is 0.360 e. The van der Waals surface area contributed by atoms with Gasteiger partial charge in [0.2, 0.25) is 0 Å². The monoisotopic (exact) mass is 517 g/mol. The van der Waals surface area contributed by atoms with Gasteiger partial charge in [0.15, 0.2) is 0 Å². The van der Waals surface area contributed by atoms with Crippen molar-refractivity contribution >= 4 is 41.2 Å². The molecule has 0 radical (unpaired) electrons. The van der Waals surface area contributed by atoms with Crippen LogP contribution in [-0.4, -0.2) is 63.1 Å². The summed E-state index contributed by atoms with van der Waals surface area (Å²) < 4.78 is 19.8. The lowest BCUT2D eigenvalue weighted by molar-refractivity contribution is -0.181. The zero-order valence-corrected chi connectivity index (χ0v) is 20.6. The summed E-state index contributed by atoms with van der Waals surface area (Å²) in [5.41, 5.74) is -3.41. The maximum absolute atomic E-state index is 13.3. The van der Waals surface area contributed by atoms with Crippen LogP contribution in [0.5, 0.6) is 0 Å². The van der Waals surface area contributed by atoms with Crippen LogP contribution in [0.1, 0.15) is 11.5 Å². The summed E-state index contributed by atoms with van der Waals surface area (Å²) in [7, 11) is 4.22. The zero-order chi connectivity index (χ0) is 26.6. The van der Waals surface area contributed by atoms with Crippen molar-refractivity contribution in [1.82, 2.24) is 0 Å². The van der Waals surface area contributed by atoms with Crippen LogP contribution < -0.4 is 4.90 Å². The molecule has 36 heavy (non-hydrogen) atoms. The van der Waals surface area contributed by atoms with Crippen molar-refractivity contribution in [2.45, 2.75) is 11.6 Å². The van der Waals surface area contributed by atoms with E-state index in [-0.39, 0.29) is 11.3 Å². The van der Waals surface area contributed by atoms with Crippen LogP contribution in [0.25, 0.3) is 0 Å². The van der Waals surface area contributed by atoms with Crippen molar-refractivity contribution in [3.05, 3.63) is 76.5 Å². The molecule has 3 atom stereocenters. The molecule has 0 amide bonds. The first kappa shape index (κ1) is 26.7. The Bertz CT molecular complexity index is 1200. The number of carbonyl (C=O) groups excluding carboxylic acids is 4. The van der Waals surface area contributed by atoms with Crippen LogP contribution in [0, 0.1) is 5.92 Å². The second-order valence-electron chi connectivity index (χ2n) is 7.66. The number of aliphatic hydroxyl groups is 1. The number of nitrogens with zero attached hydrogens (tertiary/aromatic N) is 1. The third-order valence-electron chi connectivity index (χ3n) is 5.87. The quantitative estimate of drug-likeness (QED) is 0.449. The standard InChI is InChI=1S/C25H24ClNO9/c1-33-21(28)18-17(14-8-6-5-7-9-14)19(22(29)34-2)25(32,24(31)36-4)27(20(18)23(30)35-3)16-12-10-15(26)11-13-16/h5-13,17,19,32H,1-4H3/t17?,19-,25-/m0/s1. The van der Waals surface area contributed by atoms with Crippen LogP contribution in [0.15, 0.2) is 65.9 Å². The van der Waals surface area contributed by atoms with E-state index in [0.29, 0.717) is 10.6 Å². The Morgan fingerprint density at radius 1 is 0.833 bits per heavy atom. The number of hydrogen-bond donors (Lipinski definition) is 1. The number of anilines is 1. The Morgan fingerprint density at radius 2 is 1.42 bits per heavy atom. The summed E-state index contributed by atoms with van der Waals surface area (Å²) in [5.74, 6) is -7.61. The number of esters is 4. The predicted octanol–water partition coefficient (Wildman–Crippen LogP) is 2.19. The number of halogens is 1. The Kier molecular flexibility index (Phi) is 8.01. The summed E-state index contributed by atoms with van der Waals surface area (Å²) in [4.78, 5) is 53.9. The van der Waals surface area contributed by atoms with E-state index in [2.05, 4.69) is 0 Å². The molecule has 10 nitrogen and oxygen atoms in total. The molecule has 1 aliphatic heterocycles. The van der Waals surface area contributed by atoms with Gasteiger partial charge in [0, 0.05) is 16.6 Å². The Balaban J connectivity index is 2.59. The highest BCUT2D eigenvalue weighted by Gasteiger charge is 2.65. The van der Waals surface area contributed by atoms with E-state index in [1.165, 1.54) is 24.3 Å². The lowest BCUT2D eigenvalue weighted by atomic mass is 9.70. The first-order valence-corrected chi connectivity index (χ1v) is 10.9. The normalized spacial score (nSPS) is 21.4. The largest absolute Gasteiger partial charge is 0.469 e. The smallest absolute Gasteiger partial charge is 0.360 e. The maximum atomic E-state index is 13.3. The number of methoxy groups -OCH3 is 4. The molecule has 1 unspecified atom stereocenters. The van der Waals surface area contributed by atoms with Gasteiger partial charge in [-0.15, -0.1) is 0 Å². The van der Waals surface area contributed by atoms with E-state index in [4.69, 9.17) is 30.5 Å². The van der Waals surface area contributed by atoms with Gasteiger partial charge in [-0.25, -0.2) is 14.4 Å². The first-order valence-electron chi connectivity index (χ1n) is 10.6. The lowest BCUT2D eigenvalue weighted by Crippen LogP contribution is -2.67. The van der Waals surface area contributed by atoms with E-state index >= 15 is 0 Å². The summed E-state index contributed by atoms with van der Waals surface area (Å²) in [6.45, 7) is 0. The first-order chi connectivity index (χ1) is 17.2. The van der Waals surface area contributed by atoms with Crippen LogP contribution in [0.3, 0.4) is 0 Å². The minimum atomic E-state index is -2.88. The van der Waals surface area contributed by atoms with E-state index in [1.54, 1.807) is 30.3 Å². The zero-order valence-electron chi connectivity index (χ0n) is 19.9. The van der Waals surface area contributed by atoms with Crippen molar-refractivity contribution in [1.29, 1.82) is 0 Å². The minimum absolute atomic E-state index is 0.0227. The molecule has 0 bridgehead atoms. The molecule has 0 aromatic heterocycles. The second-order valence-corrected chi connectivity index (χ2v) is 8.10. The lowest BCUT2D eigenvalue weighted by Gasteiger charge is -2.49. The van der Waals surface area contributed by atoms with Crippen molar-refractivity contribution in [3.63, 3.8) is 0 Å². The summed E-state index contributed by atoms with van der Waals surface area (Å²) >= 11 is 6.02. The number of ether oxygens (including phenoxy) is 4. The molecule has 190 valence electrons. The molecule has 1 N–H and O–H groups in total. The average Bonchev–Trinajstić information content (AvgIpc) is 2.91. The minimum Gasteiger partial charge on any atom is -0.469 e. The number of rotatable bonds is 6. The molecule has 0 aliphatic carbocycles. The molecule has 0 saturated carbocycles. The van der Waals surface area contributed by atoms with E-state index in [0.717, 1.165) is 33.3 Å². The van der Waals surface area contributed by atoms with E-state index in [9.17, 15) is 24.3 Å². The van der Waals surface area contributed by atoms with Gasteiger partial charge in [-0.2, -0.15) is 0 Å². The molecule has 1 heterocycles. The summed E-state index contributed by atoms with van der Waals surface area (Å²) in [6.07, 6.45) is 0. The van der Waals surface area contributed by atoms with Gasteiger partial charge in [-0.05, 0) is 29.8 Å². The molecule has 1 aliphatic rings. The van der Waals surface area contributed by atoms with Gasteiger partial charge in [0.1, 0.15) is 11.6 Å². The topological polar surface area (TPSA) is 129 Å². The highest BCUT2D eigenvalue weighted by molar-refractivity contribution is 6.30. The highest BCUT2D eigenvalue weighted by atomic mass is 35.5. The van der Waals surface area contributed by atoms with Crippen molar-refractivity contribution in [2.24, 2.45) is 5.92 Å². The van der Waals surface area contributed by atoms with Gasteiger partial charge < -0.3 is 24.1 Å². The van der Waals surface area contributed by atoms with Gasteiger partial charge >= 0.3 is 23.9 Å². The third-order valence-corrected chi connectivity index (χ3v) is 6.12. The summed E-state index contributed by atoms with van der Waals surface area (Å²) in [6, 6.07) is 13.7. The fraction of sp³-hybridized carbons (Fsp3) is 0.280. The average molecular weight is 518 g/mol.